The highest BCUT2D eigenvalue weighted by Gasteiger charge is 2.29. The first-order valence-corrected chi connectivity index (χ1v) is 12.1. The Hall–Kier alpha value is -1.93. The van der Waals surface area contributed by atoms with Crippen molar-refractivity contribution in [2.24, 2.45) is 0 Å². The minimum atomic E-state index is -3.49. The van der Waals surface area contributed by atoms with Crippen LogP contribution in [-0.2, 0) is 23.0 Å². The number of hydrogen-bond acceptors (Lipinski definition) is 4. The minimum absolute atomic E-state index is 0.347. The Labute approximate surface area is 183 Å². The standard InChI is InChI=1S/C22H27ClN4O2S/c1-3-26-16-18(20-5-4-9-24-22(20)26)8-10-25-11-13-27(14-12-25)30(28,29)21-7-6-19(23)15-17(21)2/h4-7,9,15-16H,3,8,10-14H2,1-2H3. The van der Waals surface area contributed by atoms with Crippen molar-refractivity contribution in [1.82, 2.24) is 18.8 Å². The molecule has 0 amide bonds. The van der Waals surface area contributed by atoms with Gasteiger partial charge in [0.15, 0.2) is 0 Å². The Bertz CT molecular complexity index is 1150. The average molecular weight is 447 g/mol. The van der Waals surface area contributed by atoms with Crippen molar-refractivity contribution in [3.8, 4) is 0 Å². The van der Waals surface area contributed by atoms with E-state index in [4.69, 9.17) is 11.6 Å². The predicted octanol–water partition coefficient (Wildman–Crippen LogP) is 3.57. The van der Waals surface area contributed by atoms with Crippen molar-refractivity contribution in [2.75, 3.05) is 32.7 Å². The number of aryl methyl sites for hydroxylation is 2. The van der Waals surface area contributed by atoms with E-state index in [-0.39, 0.29) is 0 Å². The van der Waals surface area contributed by atoms with Crippen LogP contribution in [0, 0.1) is 6.92 Å². The van der Waals surface area contributed by atoms with Crippen LogP contribution < -0.4 is 0 Å². The van der Waals surface area contributed by atoms with Crippen LogP contribution in [-0.4, -0.2) is 59.9 Å². The summed E-state index contributed by atoms with van der Waals surface area (Å²) in [4.78, 5) is 7.20. The van der Waals surface area contributed by atoms with Gasteiger partial charge in [-0.05, 0) is 61.7 Å². The van der Waals surface area contributed by atoms with Gasteiger partial charge < -0.3 is 9.47 Å². The van der Waals surface area contributed by atoms with Crippen molar-refractivity contribution < 1.29 is 8.42 Å². The fraction of sp³-hybridized carbons (Fsp3) is 0.409. The van der Waals surface area contributed by atoms with Crippen LogP contribution in [0.25, 0.3) is 11.0 Å². The zero-order valence-electron chi connectivity index (χ0n) is 17.4. The van der Waals surface area contributed by atoms with Crippen molar-refractivity contribution >= 4 is 32.7 Å². The summed E-state index contributed by atoms with van der Waals surface area (Å²) in [7, 11) is -3.49. The topological polar surface area (TPSA) is 58.4 Å². The Morgan fingerprint density at radius 2 is 1.90 bits per heavy atom. The van der Waals surface area contributed by atoms with Gasteiger partial charge in [0.1, 0.15) is 5.65 Å². The summed E-state index contributed by atoms with van der Waals surface area (Å²) in [5.74, 6) is 0. The Balaban J connectivity index is 1.40. The van der Waals surface area contributed by atoms with E-state index in [1.807, 2.05) is 12.3 Å². The van der Waals surface area contributed by atoms with Gasteiger partial charge in [-0.1, -0.05) is 11.6 Å². The smallest absolute Gasteiger partial charge is 0.243 e. The summed E-state index contributed by atoms with van der Waals surface area (Å²) in [5.41, 5.74) is 3.02. The van der Waals surface area contributed by atoms with Gasteiger partial charge in [-0.3, -0.25) is 0 Å². The Morgan fingerprint density at radius 3 is 2.60 bits per heavy atom. The monoisotopic (exact) mass is 446 g/mol. The molecule has 0 atom stereocenters. The van der Waals surface area contributed by atoms with Crippen molar-refractivity contribution in [3.05, 3.63) is 58.9 Å². The first-order chi connectivity index (χ1) is 14.4. The third-order valence-electron chi connectivity index (χ3n) is 5.84. The van der Waals surface area contributed by atoms with Gasteiger partial charge in [0.05, 0.1) is 4.90 Å². The number of piperazine rings is 1. The van der Waals surface area contributed by atoms with Crippen LogP contribution in [0.5, 0.6) is 0 Å². The normalized spacial score (nSPS) is 16.4. The second-order valence-electron chi connectivity index (χ2n) is 7.72. The van der Waals surface area contributed by atoms with E-state index in [2.05, 4.69) is 33.6 Å². The third kappa shape index (κ3) is 4.12. The average Bonchev–Trinajstić information content (AvgIpc) is 3.10. The summed E-state index contributed by atoms with van der Waals surface area (Å²) in [6, 6.07) is 9.06. The maximum atomic E-state index is 13.0. The molecule has 1 saturated heterocycles. The Morgan fingerprint density at radius 1 is 1.13 bits per heavy atom. The van der Waals surface area contributed by atoms with Gasteiger partial charge in [-0.25, -0.2) is 13.4 Å². The maximum Gasteiger partial charge on any atom is 0.243 e. The van der Waals surface area contributed by atoms with Crippen LogP contribution in [0.3, 0.4) is 0 Å². The molecule has 0 bridgehead atoms. The van der Waals surface area contributed by atoms with E-state index in [0.29, 0.717) is 28.6 Å². The first-order valence-electron chi connectivity index (χ1n) is 10.3. The molecule has 8 heteroatoms. The number of pyridine rings is 1. The predicted molar refractivity (Wildman–Crippen MR) is 120 cm³/mol. The number of nitrogens with zero attached hydrogens (tertiary/aromatic N) is 4. The summed E-state index contributed by atoms with van der Waals surface area (Å²) in [6.45, 7) is 8.19. The number of halogens is 1. The highest BCUT2D eigenvalue weighted by molar-refractivity contribution is 7.89. The zero-order chi connectivity index (χ0) is 21.3. The highest BCUT2D eigenvalue weighted by atomic mass is 35.5. The molecule has 6 nitrogen and oxygen atoms in total. The molecule has 0 radical (unpaired) electrons. The fourth-order valence-electron chi connectivity index (χ4n) is 4.15. The van der Waals surface area contributed by atoms with Crippen LogP contribution in [0.2, 0.25) is 5.02 Å². The van der Waals surface area contributed by atoms with E-state index in [1.54, 1.807) is 29.4 Å². The third-order valence-corrected chi connectivity index (χ3v) is 8.13. The number of benzene rings is 1. The van der Waals surface area contributed by atoms with Crippen LogP contribution in [0.1, 0.15) is 18.1 Å². The van der Waals surface area contributed by atoms with Gasteiger partial charge in [0.25, 0.3) is 0 Å². The lowest BCUT2D eigenvalue weighted by molar-refractivity contribution is 0.190. The van der Waals surface area contributed by atoms with Crippen LogP contribution >= 0.6 is 11.6 Å². The van der Waals surface area contributed by atoms with Gasteiger partial charge in [-0.2, -0.15) is 4.31 Å². The zero-order valence-corrected chi connectivity index (χ0v) is 19.0. The van der Waals surface area contributed by atoms with E-state index < -0.39 is 10.0 Å². The first kappa shape index (κ1) is 21.3. The Kier molecular flexibility index (Phi) is 6.16. The quantitative estimate of drug-likeness (QED) is 0.580. The number of hydrogen-bond donors (Lipinski definition) is 0. The van der Waals surface area contributed by atoms with Crippen molar-refractivity contribution in [2.45, 2.75) is 31.7 Å². The van der Waals surface area contributed by atoms with Crippen LogP contribution in [0.15, 0.2) is 47.6 Å². The second-order valence-corrected chi connectivity index (χ2v) is 10.1. The fourth-order valence-corrected chi connectivity index (χ4v) is 6.00. The van der Waals surface area contributed by atoms with Crippen molar-refractivity contribution in [3.63, 3.8) is 0 Å². The molecule has 3 aromatic rings. The highest BCUT2D eigenvalue weighted by Crippen LogP contribution is 2.24. The summed E-state index contributed by atoms with van der Waals surface area (Å²) in [5, 5.41) is 1.76. The van der Waals surface area contributed by atoms with Gasteiger partial charge in [0, 0.05) is 62.1 Å². The molecule has 2 aromatic heterocycles. The van der Waals surface area contributed by atoms with E-state index in [0.717, 1.165) is 38.2 Å². The number of aromatic nitrogens is 2. The molecular formula is C22H27ClN4O2S. The van der Waals surface area contributed by atoms with Crippen molar-refractivity contribution in [1.29, 1.82) is 0 Å². The SMILES string of the molecule is CCn1cc(CCN2CCN(S(=O)(=O)c3ccc(Cl)cc3C)CC2)c2cccnc21. The molecule has 4 rings (SSSR count). The molecule has 1 aliphatic rings. The molecule has 0 saturated carbocycles. The lowest BCUT2D eigenvalue weighted by Crippen LogP contribution is -2.49. The lowest BCUT2D eigenvalue weighted by Gasteiger charge is -2.34. The second kappa shape index (κ2) is 8.67. The van der Waals surface area contributed by atoms with Crippen LogP contribution in [0.4, 0.5) is 0 Å². The largest absolute Gasteiger partial charge is 0.333 e. The molecular weight excluding hydrogens is 420 g/mol. The summed E-state index contributed by atoms with van der Waals surface area (Å²) >= 11 is 5.98. The summed E-state index contributed by atoms with van der Waals surface area (Å²) < 4.78 is 29.9. The van der Waals surface area contributed by atoms with E-state index >= 15 is 0 Å². The molecule has 3 heterocycles. The van der Waals surface area contributed by atoms with E-state index in [1.165, 1.54) is 10.9 Å². The van der Waals surface area contributed by atoms with E-state index in [9.17, 15) is 8.42 Å². The number of sulfonamides is 1. The molecule has 0 aliphatic carbocycles. The number of fused-ring (bicyclic) bond motifs is 1. The van der Waals surface area contributed by atoms with Gasteiger partial charge in [0.2, 0.25) is 10.0 Å². The molecule has 1 aromatic carbocycles. The molecule has 0 N–H and O–H groups in total. The molecule has 1 fully saturated rings. The molecule has 1 aliphatic heterocycles. The molecule has 160 valence electrons. The minimum Gasteiger partial charge on any atom is -0.333 e. The summed E-state index contributed by atoms with van der Waals surface area (Å²) in [6.07, 6.45) is 4.96. The maximum absolute atomic E-state index is 13.0. The van der Waals surface area contributed by atoms with Gasteiger partial charge >= 0.3 is 0 Å². The molecule has 0 unspecified atom stereocenters. The lowest BCUT2D eigenvalue weighted by atomic mass is 10.1. The molecule has 30 heavy (non-hydrogen) atoms. The number of rotatable bonds is 6. The molecule has 0 spiro atoms. The van der Waals surface area contributed by atoms with Gasteiger partial charge in [-0.15, -0.1) is 0 Å².